The van der Waals surface area contributed by atoms with Gasteiger partial charge >= 0.3 is 6.03 Å². The van der Waals surface area contributed by atoms with Crippen molar-refractivity contribution in [1.29, 1.82) is 0 Å². The summed E-state index contributed by atoms with van der Waals surface area (Å²) >= 11 is 1.24. The summed E-state index contributed by atoms with van der Waals surface area (Å²) < 4.78 is 13.7. The second kappa shape index (κ2) is 9.45. The van der Waals surface area contributed by atoms with E-state index in [0.717, 1.165) is 11.1 Å². The first kappa shape index (κ1) is 21.4. The number of anilines is 2. The van der Waals surface area contributed by atoms with Gasteiger partial charge in [0, 0.05) is 5.56 Å². The van der Waals surface area contributed by atoms with E-state index in [4.69, 9.17) is 0 Å². The van der Waals surface area contributed by atoms with E-state index in [-0.39, 0.29) is 11.6 Å². The van der Waals surface area contributed by atoms with Gasteiger partial charge in [-0.2, -0.15) is 0 Å². The van der Waals surface area contributed by atoms with Gasteiger partial charge in [0.05, 0.1) is 5.69 Å². The minimum Gasteiger partial charge on any atom is -0.326 e. The number of halogens is 1. The zero-order valence-corrected chi connectivity index (χ0v) is 17.6. The maximum Gasteiger partial charge on any atom is 0.319 e. The fourth-order valence-corrected chi connectivity index (χ4v) is 3.42. The Bertz CT molecular complexity index is 1040. The number of hydrogen-bond donors (Lipinski definition) is 3. The van der Waals surface area contributed by atoms with Crippen molar-refractivity contribution in [2.24, 2.45) is 5.92 Å². The SMILES string of the molecule is Cc1ccc(-c2nnc(NC(=O)C(NC(=O)Nc3ccccc3F)C(C)C)s2)cc1. The molecule has 1 atom stereocenters. The van der Waals surface area contributed by atoms with Crippen molar-refractivity contribution < 1.29 is 14.0 Å². The number of carbonyl (C=O) groups excluding carboxylic acids is 2. The van der Waals surface area contributed by atoms with Gasteiger partial charge in [0.25, 0.3) is 0 Å². The van der Waals surface area contributed by atoms with E-state index < -0.39 is 23.8 Å². The maximum atomic E-state index is 13.7. The molecule has 0 aliphatic carbocycles. The highest BCUT2D eigenvalue weighted by Gasteiger charge is 2.25. The largest absolute Gasteiger partial charge is 0.326 e. The summed E-state index contributed by atoms with van der Waals surface area (Å²) in [5.41, 5.74) is 2.07. The van der Waals surface area contributed by atoms with Crippen molar-refractivity contribution in [3.05, 3.63) is 59.9 Å². The molecule has 0 aliphatic rings. The Hall–Kier alpha value is -3.33. The maximum absolute atomic E-state index is 13.7. The summed E-state index contributed by atoms with van der Waals surface area (Å²) in [5, 5.41) is 16.8. The van der Waals surface area contributed by atoms with Crippen molar-refractivity contribution >= 4 is 34.1 Å². The standard InChI is InChI=1S/C21H22FN5O2S/c1-12(2)17(24-20(29)23-16-7-5-4-6-15(16)22)18(28)25-21-27-26-19(30-21)14-10-8-13(3)9-11-14/h4-12,17H,1-3H3,(H2,23,24,29)(H,25,27,28). The molecule has 0 radical (unpaired) electrons. The Kier molecular flexibility index (Phi) is 6.73. The molecule has 0 fully saturated rings. The molecule has 9 heteroatoms. The molecule has 0 saturated heterocycles. The molecule has 156 valence electrons. The van der Waals surface area contributed by atoms with Gasteiger partial charge in [0.1, 0.15) is 16.9 Å². The molecule has 3 amide bonds. The van der Waals surface area contributed by atoms with Crippen LogP contribution < -0.4 is 16.0 Å². The number of rotatable bonds is 6. The van der Waals surface area contributed by atoms with Gasteiger partial charge in [-0.1, -0.05) is 67.1 Å². The molecule has 0 spiro atoms. The van der Waals surface area contributed by atoms with Crippen LogP contribution in [0.2, 0.25) is 0 Å². The highest BCUT2D eigenvalue weighted by atomic mass is 32.1. The Morgan fingerprint density at radius 1 is 1.00 bits per heavy atom. The normalized spacial score (nSPS) is 11.8. The van der Waals surface area contributed by atoms with Gasteiger partial charge < -0.3 is 10.6 Å². The van der Waals surface area contributed by atoms with Gasteiger partial charge in [-0.25, -0.2) is 9.18 Å². The Morgan fingerprint density at radius 3 is 2.37 bits per heavy atom. The predicted molar refractivity (Wildman–Crippen MR) is 116 cm³/mol. The molecule has 0 saturated carbocycles. The Labute approximate surface area is 177 Å². The molecule has 7 nitrogen and oxygen atoms in total. The van der Waals surface area contributed by atoms with Gasteiger partial charge in [-0.3, -0.25) is 10.1 Å². The number of aryl methyl sites for hydroxylation is 1. The number of amides is 3. The fraction of sp³-hybridized carbons (Fsp3) is 0.238. The van der Waals surface area contributed by atoms with Crippen LogP contribution in [0.4, 0.5) is 20.0 Å². The highest BCUT2D eigenvalue weighted by molar-refractivity contribution is 7.18. The molecular weight excluding hydrogens is 405 g/mol. The topological polar surface area (TPSA) is 96.0 Å². The average Bonchev–Trinajstić information content (AvgIpc) is 3.16. The molecule has 3 N–H and O–H groups in total. The predicted octanol–water partition coefficient (Wildman–Crippen LogP) is 4.44. The van der Waals surface area contributed by atoms with E-state index in [0.29, 0.717) is 10.1 Å². The number of nitrogens with one attached hydrogen (secondary N) is 3. The van der Waals surface area contributed by atoms with Crippen LogP contribution in [0.15, 0.2) is 48.5 Å². The van der Waals surface area contributed by atoms with Crippen molar-refractivity contribution in [3.8, 4) is 10.6 Å². The van der Waals surface area contributed by atoms with Crippen LogP contribution in [0, 0.1) is 18.7 Å². The van der Waals surface area contributed by atoms with Crippen LogP contribution in [0.3, 0.4) is 0 Å². The van der Waals surface area contributed by atoms with Gasteiger partial charge in [0.15, 0.2) is 0 Å². The Balaban J connectivity index is 1.65. The molecule has 0 bridgehead atoms. The first-order valence-corrected chi connectivity index (χ1v) is 10.2. The minimum absolute atomic E-state index is 0.0322. The van der Waals surface area contributed by atoms with Crippen LogP contribution >= 0.6 is 11.3 Å². The molecule has 1 unspecified atom stereocenters. The van der Waals surface area contributed by atoms with Crippen LogP contribution in [0.5, 0.6) is 0 Å². The summed E-state index contributed by atoms with van der Waals surface area (Å²) in [5.74, 6) is -1.20. The summed E-state index contributed by atoms with van der Waals surface area (Å²) in [6.07, 6.45) is 0. The number of carbonyl (C=O) groups is 2. The van der Waals surface area contributed by atoms with E-state index in [1.54, 1.807) is 19.9 Å². The number of urea groups is 1. The molecule has 30 heavy (non-hydrogen) atoms. The third-order valence-electron chi connectivity index (χ3n) is 4.31. The number of hydrogen-bond acceptors (Lipinski definition) is 5. The van der Waals surface area contributed by atoms with Crippen molar-refractivity contribution in [2.75, 3.05) is 10.6 Å². The molecule has 3 rings (SSSR count). The highest BCUT2D eigenvalue weighted by Crippen LogP contribution is 2.26. The lowest BCUT2D eigenvalue weighted by Gasteiger charge is -2.21. The first-order valence-electron chi connectivity index (χ1n) is 9.37. The summed E-state index contributed by atoms with van der Waals surface area (Å²) in [7, 11) is 0. The second-order valence-electron chi connectivity index (χ2n) is 7.07. The van der Waals surface area contributed by atoms with Crippen LogP contribution in [-0.4, -0.2) is 28.2 Å². The van der Waals surface area contributed by atoms with Crippen molar-refractivity contribution in [1.82, 2.24) is 15.5 Å². The lowest BCUT2D eigenvalue weighted by atomic mass is 10.0. The quantitative estimate of drug-likeness (QED) is 0.542. The number of aromatic nitrogens is 2. The third kappa shape index (κ3) is 5.38. The molecule has 2 aromatic carbocycles. The van der Waals surface area contributed by atoms with Crippen LogP contribution in [-0.2, 0) is 4.79 Å². The van der Waals surface area contributed by atoms with Crippen molar-refractivity contribution in [2.45, 2.75) is 26.8 Å². The number of para-hydroxylation sites is 1. The Morgan fingerprint density at radius 2 is 1.70 bits per heavy atom. The summed E-state index contributed by atoms with van der Waals surface area (Å²) in [4.78, 5) is 25.0. The molecule has 1 aromatic heterocycles. The van der Waals surface area contributed by atoms with Gasteiger partial charge in [-0.05, 0) is 25.0 Å². The zero-order valence-electron chi connectivity index (χ0n) is 16.8. The lowest BCUT2D eigenvalue weighted by molar-refractivity contribution is -0.118. The van der Waals surface area contributed by atoms with Gasteiger partial charge in [-0.15, -0.1) is 10.2 Å². The lowest BCUT2D eigenvalue weighted by Crippen LogP contribution is -2.48. The number of nitrogens with zero attached hydrogens (tertiary/aromatic N) is 2. The number of benzene rings is 2. The third-order valence-corrected chi connectivity index (χ3v) is 5.20. The minimum atomic E-state index is -0.844. The molecular formula is C21H22FN5O2S. The molecule has 0 aliphatic heterocycles. The molecule has 1 heterocycles. The molecule has 3 aromatic rings. The monoisotopic (exact) mass is 427 g/mol. The van der Waals surface area contributed by atoms with E-state index in [9.17, 15) is 14.0 Å². The van der Waals surface area contributed by atoms with Crippen LogP contribution in [0.25, 0.3) is 10.6 Å². The first-order chi connectivity index (χ1) is 14.3. The summed E-state index contributed by atoms with van der Waals surface area (Å²) in [6, 6.07) is 12.1. The summed E-state index contributed by atoms with van der Waals surface area (Å²) in [6.45, 7) is 5.59. The van der Waals surface area contributed by atoms with E-state index in [1.807, 2.05) is 31.2 Å². The zero-order chi connectivity index (χ0) is 21.7. The smallest absolute Gasteiger partial charge is 0.319 e. The van der Waals surface area contributed by atoms with Crippen molar-refractivity contribution in [3.63, 3.8) is 0 Å². The van der Waals surface area contributed by atoms with E-state index in [1.165, 1.54) is 29.5 Å². The van der Waals surface area contributed by atoms with E-state index >= 15 is 0 Å². The average molecular weight is 428 g/mol. The van der Waals surface area contributed by atoms with Gasteiger partial charge in [0.2, 0.25) is 11.0 Å². The fourth-order valence-electron chi connectivity index (χ4n) is 2.67. The second-order valence-corrected chi connectivity index (χ2v) is 8.05. The van der Waals surface area contributed by atoms with Crippen LogP contribution in [0.1, 0.15) is 19.4 Å². The van der Waals surface area contributed by atoms with E-state index in [2.05, 4.69) is 26.1 Å².